The van der Waals surface area contributed by atoms with E-state index in [1.165, 1.54) is 60.3 Å². The van der Waals surface area contributed by atoms with E-state index in [0.29, 0.717) is 17.1 Å². The van der Waals surface area contributed by atoms with Crippen LogP contribution in [0.5, 0.6) is 0 Å². The monoisotopic (exact) mass is 683 g/mol. The molecule has 49 heavy (non-hydrogen) atoms. The minimum atomic E-state index is -1.71. The number of benzene rings is 1. The van der Waals surface area contributed by atoms with E-state index in [0.717, 1.165) is 52.2 Å². The first-order valence-corrected chi connectivity index (χ1v) is 18.9. The Hall–Kier alpha value is -3.40. The number of carbonyl (C=O) groups excluding carboxylic acids is 2. The van der Waals surface area contributed by atoms with E-state index in [-0.39, 0.29) is 30.3 Å². The lowest BCUT2D eigenvalue weighted by Crippen LogP contribution is -2.61. The molecule has 1 aliphatic heterocycles. The van der Waals surface area contributed by atoms with Crippen LogP contribution in [0.3, 0.4) is 0 Å². The molecule has 1 aromatic carbocycles. The zero-order valence-corrected chi connectivity index (χ0v) is 30.2. The van der Waals surface area contributed by atoms with Crippen molar-refractivity contribution < 1.29 is 19.8 Å². The largest absolute Gasteiger partial charge is 0.831 e. The molecule has 0 radical (unpaired) electrons. The van der Waals surface area contributed by atoms with Crippen molar-refractivity contribution >= 4 is 28.7 Å². The predicted octanol–water partition coefficient (Wildman–Crippen LogP) is 6.38. The number of rotatable bonds is 10. The minimum Gasteiger partial charge on any atom is -0.831 e. The van der Waals surface area contributed by atoms with E-state index in [2.05, 4.69) is 39.1 Å². The second-order valence-electron chi connectivity index (χ2n) is 15.5. The van der Waals surface area contributed by atoms with Crippen LogP contribution in [0.1, 0.15) is 105 Å². The Kier molecular flexibility index (Phi) is 11.0. The van der Waals surface area contributed by atoms with E-state index in [1.807, 2.05) is 42.7 Å². The number of hydrogen-bond acceptors (Lipinski definition) is 7. The fraction of sp³-hybridized carbons (Fsp3) is 0.550. The van der Waals surface area contributed by atoms with Gasteiger partial charge in [-0.2, -0.15) is 0 Å². The summed E-state index contributed by atoms with van der Waals surface area (Å²) in [5.74, 6) is 2.24. The highest BCUT2D eigenvalue weighted by molar-refractivity contribution is 7.14. The third kappa shape index (κ3) is 8.50. The Morgan fingerprint density at radius 2 is 1.67 bits per heavy atom. The maximum atomic E-state index is 13.5. The molecule has 3 heterocycles. The van der Waals surface area contributed by atoms with Gasteiger partial charge in [-0.15, -0.1) is 11.3 Å². The molecule has 1 saturated heterocycles. The first-order chi connectivity index (χ1) is 23.5. The summed E-state index contributed by atoms with van der Waals surface area (Å²) in [7, 11) is 0. The predicted molar refractivity (Wildman–Crippen MR) is 193 cm³/mol. The van der Waals surface area contributed by atoms with Gasteiger partial charge in [0.25, 0.3) is 5.91 Å². The standard InChI is InChI=1S/C40H51N4O4S/c1-5-25-6-10-27(11-7-25)28-14-16-29(17-15-28)31-21-41-36(42-22-31)30-12-8-26(9-13-30)20-33(38(46)44-23-32(24-44)39(47)48)43-37(45)34-18-19-35(49-34)40(2,3)4/h8-9,12-13,16,18-19,21-22,25,27-28,32-33,39,47H,5-7,10-11,14-15,17,20,23-24H2,1-4H3,(H,43,45)/q-1. The van der Waals surface area contributed by atoms with Crippen molar-refractivity contribution in [2.45, 2.75) is 103 Å². The Balaban J connectivity index is 1.09. The zero-order valence-electron chi connectivity index (χ0n) is 29.4. The number of aliphatic hydroxyl groups excluding tert-OH is 1. The molecule has 3 unspecified atom stereocenters. The number of nitrogens with zero attached hydrogens (tertiary/aromatic N) is 3. The van der Waals surface area contributed by atoms with Gasteiger partial charge in [0.1, 0.15) is 6.04 Å². The number of amides is 2. The van der Waals surface area contributed by atoms with Crippen molar-refractivity contribution in [1.29, 1.82) is 0 Å². The van der Waals surface area contributed by atoms with Gasteiger partial charge in [0.05, 0.1) is 4.88 Å². The number of hydrogen-bond donors (Lipinski definition) is 2. The van der Waals surface area contributed by atoms with Crippen molar-refractivity contribution in [1.82, 2.24) is 20.2 Å². The third-order valence-corrected chi connectivity index (χ3v) is 12.6. The quantitative estimate of drug-likeness (QED) is 0.240. The Labute approximate surface area is 295 Å². The van der Waals surface area contributed by atoms with Gasteiger partial charge < -0.3 is 20.4 Å². The molecular formula is C40H51N4O4S-. The summed E-state index contributed by atoms with van der Waals surface area (Å²) in [6.07, 6.45) is 15.3. The van der Waals surface area contributed by atoms with Crippen molar-refractivity contribution in [3.05, 3.63) is 75.7 Å². The maximum absolute atomic E-state index is 13.5. The van der Waals surface area contributed by atoms with Crippen molar-refractivity contribution in [3.8, 4) is 11.4 Å². The Bertz CT molecular complexity index is 1610. The SMILES string of the molecule is CCC1CCC(C2CC=C(c3cnc(-c4ccc(CC(NC(=O)c5ccc(C(C)(C)C)s5)C(=O)N5CC(C([O-])O)C5)cc4)nc3)CC2)CC1. The van der Waals surface area contributed by atoms with Crippen LogP contribution >= 0.6 is 11.3 Å². The second kappa shape index (κ2) is 15.2. The number of aromatic nitrogens is 2. The Morgan fingerprint density at radius 1 is 0.980 bits per heavy atom. The van der Waals surface area contributed by atoms with Crippen molar-refractivity contribution in [2.75, 3.05) is 13.1 Å². The van der Waals surface area contributed by atoms with Gasteiger partial charge in [-0.1, -0.05) is 77.3 Å². The van der Waals surface area contributed by atoms with Crippen molar-refractivity contribution in [2.24, 2.45) is 23.7 Å². The molecule has 2 fully saturated rings. The molecule has 3 aliphatic rings. The fourth-order valence-electron chi connectivity index (χ4n) is 7.67. The van der Waals surface area contributed by atoms with Gasteiger partial charge in [-0.25, -0.2) is 9.97 Å². The van der Waals surface area contributed by atoms with Crippen LogP contribution in [-0.4, -0.2) is 57.2 Å². The summed E-state index contributed by atoms with van der Waals surface area (Å²) in [6, 6.07) is 10.7. The highest BCUT2D eigenvalue weighted by Gasteiger charge is 2.36. The van der Waals surface area contributed by atoms with Crippen LogP contribution in [-0.2, 0) is 16.6 Å². The van der Waals surface area contributed by atoms with E-state index < -0.39 is 18.2 Å². The third-order valence-electron chi connectivity index (χ3n) is 11.1. The molecule has 9 heteroatoms. The topological polar surface area (TPSA) is 118 Å². The smallest absolute Gasteiger partial charge is 0.262 e. The molecule has 6 rings (SSSR count). The summed E-state index contributed by atoms with van der Waals surface area (Å²) in [5.41, 5.74) is 4.13. The first-order valence-electron chi connectivity index (χ1n) is 18.1. The number of carbonyl (C=O) groups is 2. The molecule has 8 nitrogen and oxygen atoms in total. The number of allylic oxidation sites excluding steroid dienone is 2. The summed E-state index contributed by atoms with van der Waals surface area (Å²) in [5, 5.41) is 23.8. The van der Waals surface area contributed by atoms with E-state index in [9.17, 15) is 19.8 Å². The molecular weight excluding hydrogens is 633 g/mol. The number of aliphatic hydroxyl groups is 1. The molecule has 2 aliphatic carbocycles. The van der Waals surface area contributed by atoms with E-state index in [4.69, 9.17) is 9.97 Å². The molecule has 0 spiro atoms. The average Bonchev–Trinajstić information content (AvgIpc) is 3.60. The van der Waals surface area contributed by atoms with Crippen LogP contribution in [0, 0.1) is 23.7 Å². The molecule has 2 aromatic heterocycles. The summed E-state index contributed by atoms with van der Waals surface area (Å²) < 4.78 is 0. The van der Waals surface area contributed by atoms with Crippen LogP contribution < -0.4 is 10.4 Å². The van der Waals surface area contributed by atoms with Gasteiger partial charge in [0, 0.05) is 53.8 Å². The zero-order chi connectivity index (χ0) is 34.7. The highest BCUT2D eigenvalue weighted by Crippen LogP contribution is 2.41. The average molecular weight is 684 g/mol. The van der Waals surface area contributed by atoms with E-state index >= 15 is 0 Å². The molecule has 3 atom stereocenters. The van der Waals surface area contributed by atoms with Gasteiger partial charge >= 0.3 is 0 Å². The lowest BCUT2D eigenvalue weighted by molar-refractivity contribution is -0.501. The van der Waals surface area contributed by atoms with Gasteiger partial charge in [0.15, 0.2) is 5.82 Å². The normalized spacial score (nSPS) is 22.9. The van der Waals surface area contributed by atoms with Gasteiger partial charge in [-0.05, 0) is 84.8 Å². The molecule has 262 valence electrons. The molecule has 0 bridgehead atoms. The highest BCUT2D eigenvalue weighted by atomic mass is 32.1. The van der Waals surface area contributed by atoms with Gasteiger partial charge in [-0.3, -0.25) is 9.59 Å². The molecule has 3 aromatic rings. The number of likely N-dealkylation sites (tertiary alicyclic amines) is 1. The summed E-state index contributed by atoms with van der Waals surface area (Å²) in [6.45, 7) is 9.00. The van der Waals surface area contributed by atoms with E-state index in [1.54, 1.807) is 6.07 Å². The number of thiophene rings is 1. The molecule has 1 saturated carbocycles. The summed E-state index contributed by atoms with van der Waals surface area (Å²) >= 11 is 1.43. The number of nitrogens with one attached hydrogen (secondary N) is 1. The Morgan fingerprint density at radius 3 is 2.24 bits per heavy atom. The summed E-state index contributed by atoms with van der Waals surface area (Å²) in [4.78, 5) is 39.4. The lowest BCUT2D eigenvalue weighted by Gasteiger charge is -2.45. The molecule has 2 N–H and O–H groups in total. The van der Waals surface area contributed by atoms with Crippen molar-refractivity contribution in [3.63, 3.8) is 0 Å². The molecule has 2 amide bonds. The first kappa shape index (κ1) is 35.4. The minimum absolute atomic E-state index is 0.0836. The van der Waals surface area contributed by atoms with Crippen LogP contribution in [0.25, 0.3) is 17.0 Å². The fourth-order valence-corrected chi connectivity index (χ4v) is 8.63. The van der Waals surface area contributed by atoms with Crippen LogP contribution in [0.15, 0.2) is 54.9 Å². The van der Waals surface area contributed by atoms with Crippen LogP contribution in [0.2, 0.25) is 0 Å². The maximum Gasteiger partial charge on any atom is 0.262 e. The lowest BCUT2D eigenvalue weighted by atomic mass is 9.71. The second-order valence-corrected chi connectivity index (χ2v) is 16.6. The van der Waals surface area contributed by atoms with Crippen LogP contribution in [0.4, 0.5) is 0 Å². The van der Waals surface area contributed by atoms with Gasteiger partial charge in [0.2, 0.25) is 5.91 Å².